The highest BCUT2D eigenvalue weighted by Gasteiger charge is 2.21. The summed E-state index contributed by atoms with van der Waals surface area (Å²) in [5.74, 6) is 2.17. The molecule has 1 fully saturated rings. The highest BCUT2D eigenvalue weighted by molar-refractivity contribution is 5.57. The lowest BCUT2D eigenvalue weighted by molar-refractivity contribution is 0.284. The molecule has 5 nitrogen and oxygen atoms in total. The van der Waals surface area contributed by atoms with Gasteiger partial charge in [0, 0.05) is 32.0 Å². The second-order valence-corrected chi connectivity index (χ2v) is 4.96. The molecule has 2 heterocycles. The van der Waals surface area contributed by atoms with Crippen LogP contribution >= 0.6 is 0 Å². The molecule has 0 unspecified atom stereocenters. The molecule has 0 saturated carbocycles. The van der Waals surface area contributed by atoms with Crippen LogP contribution in [0.25, 0.3) is 0 Å². The van der Waals surface area contributed by atoms with Crippen molar-refractivity contribution in [3.05, 3.63) is 12.4 Å². The summed E-state index contributed by atoms with van der Waals surface area (Å²) in [5, 5.41) is 0. The number of piperidine rings is 1. The largest absolute Gasteiger partial charge is 0.381 e. The average Bonchev–Trinajstić information content (AvgIpc) is 2.30. The normalized spacial score (nSPS) is 17.7. The van der Waals surface area contributed by atoms with Crippen LogP contribution in [0.2, 0.25) is 0 Å². The third kappa shape index (κ3) is 3.06. The van der Waals surface area contributed by atoms with Crippen molar-refractivity contribution in [2.45, 2.75) is 12.8 Å². The Morgan fingerprint density at radius 1 is 1.29 bits per heavy atom. The fourth-order valence-electron chi connectivity index (χ4n) is 2.43. The Morgan fingerprint density at radius 3 is 2.53 bits per heavy atom. The van der Waals surface area contributed by atoms with Gasteiger partial charge in [0.1, 0.15) is 0 Å². The Labute approximate surface area is 103 Å². The van der Waals surface area contributed by atoms with Gasteiger partial charge < -0.3 is 15.5 Å². The lowest BCUT2D eigenvalue weighted by atomic mass is 9.96. The average molecular weight is 235 g/mol. The van der Waals surface area contributed by atoms with E-state index in [4.69, 9.17) is 5.73 Å². The van der Waals surface area contributed by atoms with Crippen LogP contribution in [-0.4, -0.2) is 48.6 Å². The van der Waals surface area contributed by atoms with Crippen molar-refractivity contribution in [3.63, 3.8) is 0 Å². The number of rotatable bonds is 3. The van der Waals surface area contributed by atoms with Gasteiger partial charge in [-0.3, -0.25) is 0 Å². The number of nitrogens with zero attached hydrogens (tertiary/aromatic N) is 4. The zero-order valence-electron chi connectivity index (χ0n) is 10.6. The minimum Gasteiger partial charge on any atom is -0.381 e. The smallest absolute Gasteiger partial charge is 0.171 e. The van der Waals surface area contributed by atoms with Crippen LogP contribution in [0, 0.1) is 5.92 Å². The maximum atomic E-state index is 5.84. The summed E-state index contributed by atoms with van der Waals surface area (Å²) in [6.07, 6.45) is 5.75. The molecule has 1 aromatic rings. The van der Waals surface area contributed by atoms with E-state index in [1.54, 1.807) is 12.4 Å². The van der Waals surface area contributed by atoms with Gasteiger partial charge in [0.05, 0.1) is 0 Å². The Bertz CT molecular complexity index is 358. The van der Waals surface area contributed by atoms with Crippen LogP contribution in [-0.2, 0) is 0 Å². The van der Waals surface area contributed by atoms with Crippen LogP contribution in [0.3, 0.4) is 0 Å². The predicted octanol–water partition coefficient (Wildman–Crippen LogP) is 0.837. The van der Waals surface area contributed by atoms with Gasteiger partial charge in [0.15, 0.2) is 11.6 Å². The lowest BCUT2D eigenvalue weighted by Gasteiger charge is -2.34. The minimum atomic E-state index is 0.540. The van der Waals surface area contributed by atoms with Crippen molar-refractivity contribution < 1.29 is 0 Å². The standard InChI is InChI=1S/C12H21N5/c1-16(2)9-10-3-7-17(8-4-10)12-11(13)14-5-6-15-12/h5-6,10H,3-4,7-9H2,1-2H3,(H2,13,14). The molecule has 0 radical (unpaired) electrons. The number of hydrogen-bond acceptors (Lipinski definition) is 5. The summed E-state index contributed by atoms with van der Waals surface area (Å²) < 4.78 is 0. The van der Waals surface area contributed by atoms with Crippen LogP contribution in [0.15, 0.2) is 12.4 Å². The van der Waals surface area contributed by atoms with Crippen molar-refractivity contribution in [1.29, 1.82) is 0 Å². The predicted molar refractivity (Wildman–Crippen MR) is 69.9 cm³/mol. The topological polar surface area (TPSA) is 58.3 Å². The first kappa shape index (κ1) is 12.1. The first-order valence-corrected chi connectivity index (χ1v) is 6.13. The highest BCUT2D eigenvalue weighted by Crippen LogP contribution is 2.24. The fourth-order valence-corrected chi connectivity index (χ4v) is 2.43. The van der Waals surface area contributed by atoms with Crippen LogP contribution in [0.5, 0.6) is 0 Å². The summed E-state index contributed by atoms with van der Waals surface area (Å²) in [6.45, 7) is 3.23. The molecule has 0 aromatic carbocycles. The zero-order valence-corrected chi connectivity index (χ0v) is 10.6. The highest BCUT2D eigenvalue weighted by atomic mass is 15.2. The van der Waals surface area contributed by atoms with E-state index in [9.17, 15) is 0 Å². The van der Waals surface area contributed by atoms with Gasteiger partial charge >= 0.3 is 0 Å². The van der Waals surface area contributed by atoms with Gasteiger partial charge in [-0.1, -0.05) is 0 Å². The molecule has 2 N–H and O–H groups in total. The molecular formula is C12H21N5. The third-order valence-electron chi connectivity index (χ3n) is 3.24. The van der Waals surface area contributed by atoms with Gasteiger partial charge in [-0.05, 0) is 32.9 Å². The van der Waals surface area contributed by atoms with Crippen molar-refractivity contribution in [2.75, 3.05) is 44.4 Å². The van der Waals surface area contributed by atoms with Gasteiger partial charge in [-0.2, -0.15) is 0 Å². The number of nitrogens with two attached hydrogens (primary N) is 1. The minimum absolute atomic E-state index is 0.540. The van der Waals surface area contributed by atoms with E-state index in [1.807, 2.05) is 0 Å². The van der Waals surface area contributed by atoms with Crippen molar-refractivity contribution in [1.82, 2.24) is 14.9 Å². The number of aromatic nitrogens is 2. The number of nitrogen functional groups attached to an aromatic ring is 1. The maximum absolute atomic E-state index is 5.84. The molecule has 0 aliphatic carbocycles. The van der Waals surface area contributed by atoms with E-state index in [0.717, 1.165) is 24.8 Å². The van der Waals surface area contributed by atoms with E-state index in [2.05, 4.69) is 33.9 Å². The molecule has 0 amide bonds. The summed E-state index contributed by atoms with van der Waals surface area (Å²) in [4.78, 5) is 12.9. The molecule has 1 aliphatic heterocycles. The van der Waals surface area contributed by atoms with Crippen LogP contribution in [0.1, 0.15) is 12.8 Å². The van der Waals surface area contributed by atoms with Crippen molar-refractivity contribution >= 4 is 11.6 Å². The van der Waals surface area contributed by atoms with Gasteiger partial charge in [0.25, 0.3) is 0 Å². The molecule has 5 heteroatoms. The molecule has 94 valence electrons. The summed E-state index contributed by atoms with van der Waals surface area (Å²) >= 11 is 0. The Balaban J connectivity index is 1.93. The van der Waals surface area contributed by atoms with Gasteiger partial charge in [0.2, 0.25) is 0 Å². The number of hydrogen-bond donors (Lipinski definition) is 1. The molecule has 0 bridgehead atoms. The van der Waals surface area contributed by atoms with Crippen LogP contribution < -0.4 is 10.6 Å². The maximum Gasteiger partial charge on any atom is 0.171 e. The summed E-state index contributed by atoms with van der Waals surface area (Å²) in [5.41, 5.74) is 5.84. The zero-order chi connectivity index (χ0) is 12.3. The summed E-state index contributed by atoms with van der Waals surface area (Å²) in [7, 11) is 4.26. The molecule has 2 rings (SSSR count). The van der Waals surface area contributed by atoms with E-state index in [1.165, 1.54) is 19.4 Å². The Kier molecular flexibility index (Phi) is 3.78. The second kappa shape index (κ2) is 5.31. The lowest BCUT2D eigenvalue weighted by Crippen LogP contribution is -2.37. The number of anilines is 2. The van der Waals surface area contributed by atoms with E-state index >= 15 is 0 Å². The Morgan fingerprint density at radius 2 is 1.94 bits per heavy atom. The SMILES string of the molecule is CN(C)CC1CCN(c2nccnc2N)CC1. The second-order valence-electron chi connectivity index (χ2n) is 4.96. The molecular weight excluding hydrogens is 214 g/mol. The molecule has 1 aliphatic rings. The van der Waals surface area contributed by atoms with Crippen molar-refractivity contribution in [2.24, 2.45) is 5.92 Å². The van der Waals surface area contributed by atoms with E-state index in [0.29, 0.717) is 5.82 Å². The molecule has 1 aromatic heterocycles. The fraction of sp³-hybridized carbons (Fsp3) is 0.667. The molecule has 0 atom stereocenters. The van der Waals surface area contributed by atoms with Gasteiger partial charge in [-0.15, -0.1) is 0 Å². The van der Waals surface area contributed by atoms with Crippen LogP contribution in [0.4, 0.5) is 11.6 Å². The van der Waals surface area contributed by atoms with E-state index in [-0.39, 0.29) is 0 Å². The van der Waals surface area contributed by atoms with Crippen molar-refractivity contribution in [3.8, 4) is 0 Å². The first-order chi connectivity index (χ1) is 8.16. The molecule has 0 spiro atoms. The summed E-state index contributed by atoms with van der Waals surface area (Å²) in [6, 6.07) is 0. The van der Waals surface area contributed by atoms with E-state index < -0.39 is 0 Å². The third-order valence-corrected chi connectivity index (χ3v) is 3.24. The van der Waals surface area contributed by atoms with Gasteiger partial charge in [-0.25, -0.2) is 9.97 Å². The molecule has 17 heavy (non-hydrogen) atoms. The first-order valence-electron chi connectivity index (χ1n) is 6.13. The quantitative estimate of drug-likeness (QED) is 0.841. The molecule has 1 saturated heterocycles. The Hall–Kier alpha value is -1.36. The monoisotopic (exact) mass is 235 g/mol.